The van der Waals surface area contributed by atoms with Gasteiger partial charge >= 0.3 is 6.18 Å². The number of nitrogens with zero attached hydrogens (tertiary/aromatic N) is 3. The zero-order chi connectivity index (χ0) is 22.6. The smallest absolute Gasteiger partial charge is 0.394 e. The normalized spacial score (nSPS) is 12.4. The van der Waals surface area contributed by atoms with E-state index in [2.05, 4.69) is 15.4 Å². The second kappa shape index (κ2) is 9.04. The van der Waals surface area contributed by atoms with Crippen LogP contribution in [0.5, 0.6) is 0 Å². The van der Waals surface area contributed by atoms with Gasteiger partial charge in [-0.1, -0.05) is 12.1 Å². The van der Waals surface area contributed by atoms with E-state index >= 15 is 0 Å². The minimum Gasteiger partial charge on any atom is -0.394 e. The van der Waals surface area contributed by atoms with Gasteiger partial charge in [-0.15, -0.1) is 0 Å². The summed E-state index contributed by atoms with van der Waals surface area (Å²) in [5.74, 6) is -0.963. The molecule has 0 spiro atoms. The van der Waals surface area contributed by atoms with Gasteiger partial charge in [-0.25, -0.2) is 4.39 Å². The molecule has 0 aliphatic rings. The van der Waals surface area contributed by atoms with Gasteiger partial charge in [0.2, 0.25) is 0 Å². The molecule has 0 fully saturated rings. The SMILES string of the molecule is O=C(N[C@H](CO)CF)c1cc(-c2ccc(C(F)(F)F)cc2)nn(-c2cccnc2)c1=O. The Balaban J connectivity index is 2.13. The molecule has 0 saturated heterocycles. The fourth-order valence-electron chi connectivity index (χ4n) is 2.68. The van der Waals surface area contributed by atoms with Crippen molar-refractivity contribution in [2.24, 2.45) is 0 Å². The summed E-state index contributed by atoms with van der Waals surface area (Å²) in [6, 6.07) is 6.91. The lowest BCUT2D eigenvalue weighted by Gasteiger charge is -2.14. The molecule has 3 aromatic rings. The molecule has 11 heteroatoms. The molecule has 0 saturated carbocycles. The number of aliphatic hydroxyl groups excluding tert-OH is 1. The number of pyridine rings is 1. The number of carbonyl (C=O) groups excluding carboxylic acids is 1. The Morgan fingerprint density at radius 3 is 2.45 bits per heavy atom. The highest BCUT2D eigenvalue weighted by Gasteiger charge is 2.30. The Morgan fingerprint density at radius 1 is 1.19 bits per heavy atom. The summed E-state index contributed by atoms with van der Waals surface area (Å²) in [5, 5.41) is 15.4. The molecule has 0 aliphatic heterocycles. The van der Waals surface area contributed by atoms with Crippen molar-refractivity contribution in [1.29, 1.82) is 0 Å². The van der Waals surface area contributed by atoms with E-state index in [9.17, 15) is 27.2 Å². The second-order valence-corrected chi connectivity index (χ2v) is 6.45. The number of alkyl halides is 4. The number of nitrogens with one attached hydrogen (secondary N) is 1. The first-order chi connectivity index (χ1) is 14.7. The quantitative estimate of drug-likeness (QED) is 0.579. The predicted molar refractivity (Wildman–Crippen MR) is 102 cm³/mol. The average Bonchev–Trinajstić information content (AvgIpc) is 2.77. The van der Waals surface area contributed by atoms with Crippen LogP contribution in [0.4, 0.5) is 17.6 Å². The highest BCUT2D eigenvalue weighted by atomic mass is 19.4. The summed E-state index contributed by atoms with van der Waals surface area (Å²) in [6.07, 6.45) is -1.77. The van der Waals surface area contributed by atoms with Crippen molar-refractivity contribution in [3.8, 4) is 16.9 Å². The predicted octanol–water partition coefficient (Wildman–Crippen LogP) is 2.37. The van der Waals surface area contributed by atoms with Crippen LogP contribution in [0, 0.1) is 0 Å². The maximum absolute atomic E-state index is 12.9. The summed E-state index contributed by atoms with van der Waals surface area (Å²) >= 11 is 0. The van der Waals surface area contributed by atoms with E-state index in [1.807, 2.05) is 0 Å². The standard InChI is InChI=1S/C20H16F4N4O3/c21-9-14(11-29)26-18(30)16-8-17(12-3-5-13(6-4-12)20(22,23)24)27-28(19(16)31)15-2-1-7-25-10-15/h1-8,10,14,29H,9,11H2,(H,26,30)/t14-/m0/s1. The van der Waals surface area contributed by atoms with Gasteiger partial charge in [0.25, 0.3) is 11.5 Å². The van der Waals surface area contributed by atoms with Crippen LogP contribution >= 0.6 is 0 Å². The van der Waals surface area contributed by atoms with Crippen LogP contribution in [0.2, 0.25) is 0 Å². The molecule has 0 radical (unpaired) electrons. The van der Waals surface area contributed by atoms with Gasteiger partial charge in [-0.3, -0.25) is 14.6 Å². The summed E-state index contributed by atoms with van der Waals surface area (Å²) in [4.78, 5) is 29.3. The molecule has 7 nitrogen and oxygen atoms in total. The van der Waals surface area contributed by atoms with Crippen molar-refractivity contribution >= 4 is 5.91 Å². The first kappa shape index (κ1) is 22.1. The molecule has 2 aromatic heterocycles. The van der Waals surface area contributed by atoms with E-state index in [4.69, 9.17) is 5.11 Å². The zero-order valence-corrected chi connectivity index (χ0v) is 15.8. The zero-order valence-electron chi connectivity index (χ0n) is 15.8. The number of aliphatic hydroxyl groups is 1. The first-order valence-electron chi connectivity index (χ1n) is 8.94. The number of aromatic nitrogens is 3. The van der Waals surface area contributed by atoms with Crippen LogP contribution in [0.3, 0.4) is 0 Å². The maximum Gasteiger partial charge on any atom is 0.416 e. The number of rotatable bonds is 6. The molecule has 1 atom stereocenters. The molecule has 3 rings (SSSR count). The van der Waals surface area contributed by atoms with E-state index in [-0.39, 0.29) is 16.9 Å². The fraction of sp³-hybridized carbons (Fsp3) is 0.200. The van der Waals surface area contributed by atoms with Crippen molar-refractivity contribution in [1.82, 2.24) is 20.1 Å². The fourth-order valence-corrected chi connectivity index (χ4v) is 2.68. The van der Waals surface area contributed by atoms with Crippen molar-refractivity contribution in [2.75, 3.05) is 13.3 Å². The third kappa shape index (κ3) is 4.94. The molecule has 0 unspecified atom stereocenters. The number of hydrogen-bond donors (Lipinski definition) is 2. The van der Waals surface area contributed by atoms with E-state index in [0.717, 1.165) is 35.0 Å². The molecule has 162 valence electrons. The Morgan fingerprint density at radius 2 is 1.90 bits per heavy atom. The molecule has 1 aromatic carbocycles. The van der Waals surface area contributed by atoms with Gasteiger partial charge in [-0.2, -0.15) is 23.0 Å². The number of hydrogen-bond acceptors (Lipinski definition) is 5. The van der Waals surface area contributed by atoms with Crippen molar-refractivity contribution < 1.29 is 27.5 Å². The molecular weight excluding hydrogens is 420 g/mol. The Bertz CT molecular complexity index is 1110. The van der Waals surface area contributed by atoms with Crippen molar-refractivity contribution in [3.63, 3.8) is 0 Å². The molecule has 31 heavy (non-hydrogen) atoms. The average molecular weight is 436 g/mol. The van der Waals surface area contributed by atoms with Gasteiger partial charge in [0.15, 0.2) is 0 Å². The first-order valence-corrected chi connectivity index (χ1v) is 8.94. The lowest BCUT2D eigenvalue weighted by atomic mass is 10.1. The number of amides is 1. The van der Waals surface area contributed by atoms with Crippen molar-refractivity contribution in [3.05, 3.63) is 76.3 Å². The number of benzene rings is 1. The Hall–Kier alpha value is -3.60. The topological polar surface area (TPSA) is 97.1 Å². The van der Waals surface area contributed by atoms with Gasteiger partial charge < -0.3 is 10.4 Å². The van der Waals surface area contributed by atoms with E-state index in [0.29, 0.717) is 0 Å². The number of carbonyl (C=O) groups is 1. The molecule has 1 amide bonds. The van der Waals surface area contributed by atoms with E-state index in [1.165, 1.54) is 24.5 Å². The lowest BCUT2D eigenvalue weighted by molar-refractivity contribution is -0.137. The minimum absolute atomic E-state index is 0.0307. The number of halogens is 4. The van der Waals surface area contributed by atoms with Crippen LogP contribution < -0.4 is 10.9 Å². The molecule has 0 aliphatic carbocycles. The van der Waals surface area contributed by atoms with Gasteiger partial charge in [0.1, 0.15) is 12.2 Å². The summed E-state index contributed by atoms with van der Waals surface area (Å²) in [5.41, 5.74) is -1.70. The van der Waals surface area contributed by atoms with E-state index in [1.54, 1.807) is 0 Å². The maximum atomic E-state index is 12.9. The van der Waals surface area contributed by atoms with Gasteiger partial charge in [0, 0.05) is 11.8 Å². The summed E-state index contributed by atoms with van der Waals surface area (Å²) in [7, 11) is 0. The van der Waals surface area contributed by atoms with Crippen LogP contribution in [0.1, 0.15) is 15.9 Å². The van der Waals surface area contributed by atoms with E-state index < -0.39 is 48.1 Å². The van der Waals surface area contributed by atoms with Crippen LogP contribution in [-0.2, 0) is 6.18 Å². The monoisotopic (exact) mass is 436 g/mol. The highest BCUT2D eigenvalue weighted by molar-refractivity contribution is 5.95. The lowest BCUT2D eigenvalue weighted by Crippen LogP contribution is -2.42. The van der Waals surface area contributed by atoms with Gasteiger partial charge in [0.05, 0.1) is 35.8 Å². The van der Waals surface area contributed by atoms with Crippen LogP contribution in [0.25, 0.3) is 16.9 Å². The third-order valence-electron chi connectivity index (χ3n) is 4.30. The third-order valence-corrected chi connectivity index (χ3v) is 4.30. The van der Waals surface area contributed by atoms with Crippen LogP contribution in [0.15, 0.2) is 59.7 Å². The van der Waals surface area contributed by atoms with Crippen LogP contribution in [-0.4, -0.2) is 45.1 Å². The summed E-state index contributed by atoms with van der Waals surface area (Å²) in [6.45, 7) is -1.74. The van der Waals surface area contributed by atoms with Crippen molar-refractivity contribution in [2.45, 2.75) is 12.2 Å². The molecule has 0 bridgehead atoms. The Kier molecular flexibility index (Phi) is 6.44. The minimum atomic E-state index is -4.53. The highest BCUT2D eigenvalue weighted by Crippen LogP contribution is 2.30. The Labute approximate surface area is 173 Å². The molecule has 2 heterocycles. The second-order valence-electron chi connectivity index (χ2n) is 6.45. The van der Waals surface area contributed by atoms with Gasteiger partial charge in [-0.05, 0) is 30.3 Å². The molecule has 2 N–H and O–H groups in total. The largest absolute Gasteiger partial charge is 0.416 e. The summed E-state index contributed by atoms with van der Waals surface area (Å²) < 4.78 is 52.3. The molecular formula is C20H16F4N4O3.